The van der Waals surface area contributed by atoms with Crippen LogP contribution in [0.25, 0.3) is 0 Å². The van der Waals surface area contributed by atoms with Gasteiger partial charge >= 0.3 is 0 Å². The van der Waals surface area contributed by atoms with E-state index in [0.717, 1.165) is 0 Å². The molecule has 0 spiro atoms. The van der Waals surface area contributed by atoms with Gasteiger partial charge in [-0.15, -0.1) is 0 Å². The first kappa shape index (κ1) is 13.8. The number of aromatic amines is 1. The summed E-state index contributed by atoms with van der Waals surface area (Å²) in [5.74, 6) is -0.331. The van der Waals surface area contributed by atoms with Crippen molar-refractivity contribution in [3.8, 4) is 0 Å². The van der Waals surface area contributed by atoms with Crippen LogP contribution in [-0.2, 0) is 0 Å². The van der Waals surface area contributed by atoms with Crippen molar-refractivity contribution in [1.29, 1.82) is 0 Å². The molecule has 2 aromatic rings. The highest BCUT2D eigenvalue weighted by Crippen LogP contribution is 2.33. The Morgan fingerprint density at radius 1 is 1.21 bits per heavy atom. The van der Waals surface area contributed by atoms with E-state index in [2.05, 4.69) is 42.2 Å². The molecular formula is C12H9Br2N3O2. The van der Waals surface area contributed by atoms with Gasteiger partial charge in [0.05, 0.1) is 11.3 Å². The fourth-order valence-corrected chi connectivity index (χ4v) is 2.87. The summed E-state index contributed by atoms with van der Waals surface area (Å²) >= 11 is 6.66. The summed E-state index contributed by atoms with van der Waals surface area (Å²) in [5.41, 5.74) is 6.92. The zero-order valence-corrected chi connectivity index (χ0v) is 12.7. The summed E-state index contributed by atoms with van der Waals surface area (Å²) in [5, 5.41) is 2.73. The highest BCUT2D eigenvalue weighted by molar-refractivity contribution is 9.11. The van der Waals surface area contributed by atoms with Crippen LogP contribution in [0.5, 0.6) is 0 Å². The molecule has 0 saturated heterocycles. The molecule has 2 rings (SSSR count). The van der Waals surface area contributed by atoms with Gasteiger partial charge in [0.15, 0.2) is 0 Å². The smallest absolute Gasteiger partial charge is 0.257 e. The molecule has 0 aliphatic rings. The Morgan fingerprint density at radius 3 is 2.37 bits per heavy atom. The molecule has 1 aromatic heterocycles. The zero-order valence-electron chi connectivity index (χ0n) is 9.54. The first-order valence-electron chi connectivity index (χ1n) is 5.22. The summed E-state index contributed by atoms with van der Waals surface area (Å²) in [6.07, 6.45) is 1.36. The molecule has 0 unspecified atom stereocenters. The van der Waals surface area contributed by atoms with E-state index in [1.165, 1.54) is 18.3 Å². The Morgan fingerprint density at radius 2 is 1.84 bits per heavy atom. The first-order valence-corrected chi connectivity index (χ1v) is 6.80. The molecule has 19 heavy (non-hydrogen) atoms. The van der Waals surface area contributed by atoms with E-state index in [1.54, 1.807) is 12.1 Å². The first-order chi connectivity index (χ1) is 8.97. The maximum Gasteiger partial charge on any atom is 0.257 e. The molecule has 98 valence electrons. The van der Waals surface area contributed by atoms with Crippen molar-refractivity contribution in [1.82, 2.24) is 4.98 Å². The van der Waals surface area contributed by atoms with Gasteiger partial charge in [-0.3, -0.25) is 9.59 Å². The number of carbonyl (C=O) groups excluding carboxylic acids is 1. The van der Waals surface area contributed by atoms with Crippen LogP contribution in [0.3, 0.4) is 0 Å². The number of anilines is 2. The molecule has 7 heteroatoms. The second-order valence-corrected chi connectivity index (χ2v) is 5.46. The van der Waals surface area contributed by atoms with E-state index >= 15 is 0 Å². The number of amides is 1. The summed E-state index contributed by atoms with van der Waals surface area (Å²) in [6, 6.07) is 6.12. The maximum absolute atomic E-state index is 12.0. The van der Waals surface area contributed by atoms with Gasteiger partial charge in [0, 0.05) is 26.9 Å². The Balaban J connectivity index is 2.29. The SMILES string of the molecule is Nc1cc(Br)c(NC(=O)c2ccc(=O)[nH]c2)c(Br)c1. The predicted molar refractivity (Wildman–Crippen MR) is 81.3 cm³/mol. The number of nitrogen functional groups attached to an aromatic ring is 1. The zero-order chi connectivity index (χ0) is 14.0. The van der Waals surface area contributed by atoms with Gasteiger partial charge in [-0.2, -0.15) is 0 Å². The monoisotopic (exact) mass is 385 g/mol. The molecule has 0 bridgehead atoms. The van der Waals surface area contributed by atoms with Crippen molar-refractivity contribution in [3.05, 3.63) is 55.3 Å². The van der Waals surface area contributed by atoms with Crippen LogP contribution in [0.2, 0.25) is 0 Å². The number of rotatable bonds is 2. The Kier molecular flexibility index (Phi) is 4.06. The Bertz CT molecular complexity index is 654. The van der Waals surface area contributed by atoms with Crippen molar-refractivity contribution in [3.63, 3.8) is 0 Å². The summed E-state index contributed by atoms with van der Waals surface area (Å²) in [4.78, 5) is 25.4. The van der Waals surface area contributed by atoms with Crippen LogP contribution < -0.4 is 16.6 Å². The van der Waals surface area contributed by atoms with Crippen molar-refractivity contribution < 1.29 is 4.79 Å². The summed E-state index contributed by atoms with van der Waals surface area (Å²) in [6.45, 7) is 0. The predicted octanol–water partition coefficient (Wildman–Crippen LogP) is 2.73. The number of aromatic nitrogens is 1. The molecule has 0 aliphatic heterocycles. The molecule has 0 fully saturated rings. The average Bonchev–Trinajstić information content (AvgIpc) is 2.34. The molecule has 1 heterocycles. The highest BCUT2D eigenvalue weighted by atomic mass is 79.9. The lowest BCUT2D eigenvalue weighted by atomic mass is 10.2. The lowest BCUT2D eigenvalue weighted by Crippen LogP contribution is -2.15. The van der Waals surface area contributed by atoms with Gasteiger partial charge in [-0.05, 0) is 50.1 Å². The lowest BCUT2D eigenvalue weighted by Gasteiger charge is -2.10. The van der Waals surface area contributed by atoms with Gasteiger partial charge in [0.1, 0.15) is 0 Å². The lowest BCUT2D eigenvalue weighted by molar-refractivity contribution is 0.102. The highest BCUT2D eigenvalue weighted by Gasteiger charge is 2.12. The number of pyridine rings is 1. The van der Waals surface area contributed by atoms with Crippen molar-refractivity contribution in [2.45, 2.75) is 0 Å². The van der Waals surface area contributed by atoms with E-state index < -0.39 is 0 Å². The number of benzene rings is 1. The number of H-pyrrole nitrogens is 1. The fourth-order valence-electron chi connectivity index (χ4n) is 1.45. The molecule has 4 N–H and O–H groups in total. The van der Waals surface area contributed by atoms with E-state index in [1.807, 2.05) is 0 Å². The number of nitrogens with two attached hydrogens (primary N) is 1. The van der Waals surface area contributed by atoms with E-state index in [-0.39, 0.29) is 11.5 Å². The minimum Gasteiger partial charge on any atom is -0.399 e. The summed E-state index contributed by atoms with van der Waals surface area (Å²) in [7, 11) is 0. The third kappa shape index (κ3) is 3.24. The number of halogens is 2. The third-order valence-electron chi connectivity index (χ3n) is 2.35. The topological polar surface area (TPSA) is 88.0 Å². The van der Waals surface area contributed by atoms with E-state index in [4.69, 9.17) is 5.73 Å². The van der Waals surface area contributed by atoms with Crippen molar-refractivity contribution >= 4 is 49.1 Å². The largest absolute Gasteiger partial charge is 0.399 e. The third-order valence-corrected chi connectivity index (χ3v) is 3.60. The van der Waals surface area contributed by atoms with Crippen LogP contribution in [0.1, 0.15) is 10.4 Å². The minimum absolute atomic E-state index is 0.258. The van der Waals surface area contributed by atoms with Crippen molar-refractivity contribution in [2.24, 2.45) is 0 Å². The van der Waals surface area contributed by atoms with Gasteiger partial charge < -0.3 is 16.0 Å². The van der Waals surface area contributed by atoms with Crippen LogP contribution in [0.15, 0.2) is 44.2 Å². The molecular weight excluding hydrogens is 378 g/mol. The molecule has 1 aromatic carbocycles. The van der Waals surface area contributed by atoms with Crippen LogP contribution in [-0.4, -0.2) is 10.9 Å². The Hall–Kier alpha value is -1.60. The van der Waals surface area contributed by atoms with Gasteiger partial charge in [0.25, 0.3) is 5.91 Å². The molecule has 5 nitrogen and oxygen atoms in total. The second-order valence-electron chi connectivity index (χ2n) is 3.76. The molecule has 0 aliphatic carbocycles. The van der Waals surface area contributed by atoms with E-state index in [0.29, 0.717) is 25.9 Å². The average molecular weight is 387 g/mol. The Labute approximate surface area is 125 Å². The van der Waals surface area contributed by atoms with Crippen LogP contribution >= 0.6 is 31.9 Å². The van der Waals surface area contributed by atoms with Gasteiger partial charge in [-0.1, -0.05) is 0 Å². The fraction of sp³-hybridized carbons (Fsp3) is 0. The number of hydrogen-bond donors (Lipinski definition) is 3. The maximum atomic E-state index is 12.0. The van der Waals surface area contributed by atoms with Gasteiger partial charge in [0.2, 0.25) is 5.56 Å². The quantitative estimate of drug-likeness (QED) is 0.693. The molecule has 0 atom stereocenters. The van der Waals surface area contributed by atoms with Gasteiger partial charge in [-0.25, -0.2) is 0 Å². The molecule has 1 amide bonds. The molecule has 0 saturated carbocycles. The normalized spacial score (nSPS) is 10.2. The van der Waals surface area contributed by atoms with E-state index in [9.17, 15) is 9.59 Å². The van der Waals surface area contributed by atoms with Crippen LogP contribution in [0.4, 0.5) is 11.4 Å². The summed E-state index contributed by atoms with van der Waals surface area (Å²) < 4.78 is 1.33. The second kappa shape index (κ2) is 5.58. The minimum atomic E-state index is -0.331. The van der Waals surface area contributed by atoms with Crippen molar-refractivity contribution in [2.75, 3.05) is 11.1 Å². The standard InChI is InChI=1S/C12H9Br2N3O2/c13-8-3-7(15)4-9(14)11(8)17-12(19)6-1-2-10(18)16-5-6/h1-5H,15H2,(H,16,18)(H,17,19). The van der Waals surface area contributed by atoms with Crippen LogP contribution in [0, 0.1) is 0 Å². The molecule has 0 radical (unpaired) electrons. The number of hydrogen-bond acceptors (Lipinski definition) is 3. The number of nitrogens with one attached hydrogen (secondary N) is 2. The number of carbonyl (C=O) groups is 1.